The average molecular weight is 293 g/mol. The van der Waals surface area contributed by atoms with Gasteiger partial charge in [0.15, 0.2) is 0 Å². The van der Waals surface area contributed by atoms with E-state index in [1.807, 2.05) is 13.8 Å². The summed E-state index contributed by atoms with van der Waals surface area (Å²) in [6.45, 7) is 7.10. The van der Waals surface area contributed by atoms with E-state index >= 15 is 0 Å². The zero-order valence-electron chi connectivity index (χ0n) is 13.6. The molecule has 0 saturated heterocycles. The van der Waals surface area contributed by atoms with Gasteiger partial charge in [0, 0.05) is 13.6 Å². The summed E-state index contributed by atoms with van der Waals surface area (Å²) < 4.78 is 5.58. The van der Waals surface area contributed by atoms with Crippen LogP contribution < -0.4 is 15.4 Å². The fourth-order valence-corrected chi connectivity index (χ4v) is 2.86. The molecule has 2 N–H and O–H groups in total. The van der Waals surface area contributed by atoms with Crippen molar-refractivity contribution < 1.29 is 4.74 Å². The molecular weight excluding hydrogens is 266 g/mol. The molecule has 6 nitrogen and oxygen atoms in total. The van der Waals surface area contributed by atoms with Gasteiger partial charge in [-0.3, -0.25) is 0 Å². The van der Waals surface area contributed by atoms with Gasteiger partial charge in [-0.1, -0.05) is 19.8 Å². The number of nitrogens with one attached hydrogen (secondary N) is 2. The Bertz CT molecular complexity index is 457. The van der Waals surface area contributed by atoms with Crippen molar-refractivity contribution in [1.82, 2.24) is 15.0 Å². The van der Waals surface area contributed by atoms with Crippen molar-refractivity contribution in [3.8, 4) is 6.01 Å². The third-order valence-corrected chi connectivity index (χ3v) is 4.22. The lowest BCUT2D eigenvalue weighted by atomic mass is 9.83. The van der Waals surface area contributed by atoms with Crippen molar-refractivity contribution >= 4 is 11.9 Å². The quantitative estimate of drug-likeness (QED) is 0.805. The summed E-state index contributed by atoms with van der Waals surface area (Å²) >= 11 is 0. The van der Waals surface area contributed by atoms with E-state index in [4.69, 9.17) is 4.74 Å². The number of ether oxygens (including phenoxy) is 1. The van der Waals surface area contributed by atoms with Gasteiger partial charge in [-0.15, -0.1) is 0 Å². The predicted molar refractivity (Wildman–Crippen MR) is 84.8 cm³/mol. The standard InChI is InChI=1S/C15H27N5O/c1-5-15(8-6-7-9-15)10-17-13-18-12(16-4)19-14(20-13)21-11(2)3/h11H,5-10H2,1-4H3,(H2,16,17,18,19,20). The molecule has 118 valence electrons. The highest BCUT2D eigenvalue weighted by Gasteiger charge is 2.31. The van der Waals surface area contributed by atoms with E-state index in [0.29, 0.717) is 23.3 Å². The largest absolute Gasteiger partial charge is 0.461 e. The Hall–Kier alpha value is -1.59. The average Bonchev–Trinajstić information content (AvgIpc) is 2.93. The molecule has 1 saturated carbocycles. The van der Waals surface area contributed by atoms with Crippen molar-refractivity contribution in [2.75, 3.05) is 24.2 Å². The summed E-state index contributed by atoms with van der Waals surface area (Å²) in [7, 11) is 1.79. The van der Waals surface area contributed by atoms with Gasteiger partial charge in [0.2, 0.25) is 11.9 Å². The molecule has 0 aliphatic heterocycles. The Labute approximate surface area is 127 Å². The van der Waals surface area contributed by atoms with Gasteiger partial charge >= 0.3 is 6.01 Å². The van der Waals surface area contributed by atoms with Crippen LogP contribution in [0.1, 0.15) is 52.9 Å². The lowest BCUT2D eigenvalue weighted by Crippen LogP contribution is -2.27. The van der Waals surface area contributed by atoms with Crippen LogP contribution in [0.25, 0.3) is 0 Å². The Morgan fingerprint density at radius 3 is 2.38 bits per heavy atom. The van der Waals surface area contributed by atoms with Crippen LogP contribution in [0.4, 0.5) is 11.9 Å². The third-order valence-electron chi connectivity index (χ3n) is 4.22. The van der Waals surface area contributed by atoms with Crippen LogP contribution >= 0.6 is 0 Å². The number of aromatic nitrogens is 3. The summed E-state index contributed by atoms with van der Waals surface area (Å²) in [6.07, 6.45) is 6.47. The van der Waals surface area contributed by atoms with E-state index in [1.165, 1.54) is 32.1 Å². The maximum Gasteiger partial charge on any atom is 0.323 e. The van der Waals surface area contributed by atoms with Crippen LogP contribution in [0.5, 0.6) is 6.01 Å². The summed E-state index contributed by atoms with van der Waals surface area (Å²) in [4.78, 5) is 12.9. The monoisotopic (exact) mass is 293 g/mol. The van der Waals surface area contributed by atoms with Crippen molar-refractivity contribution in [2.45, 2.75) is 59.0 Å². The van der Waals surface area contributed by atoms with Gasteiger partial charge in [0.05, 0.1) is 6.10 Å². The fourth-order valence-electron chi connectivity index (χ4n) is 2.86. The van der Waals surface area contributed by atoms with Crippen LogP contribution in [0.2, 0.25) is 0 Å². The highest BCUT2D eigenvalue weighted by Crippen LogP contribution is 2.40. The van der Waals surface area contributed by atoms with Gasteiger partial charge in [-0.2, -0.15) is 15.0 Å². The molecule has 0 atom stereocenters. The molecule has 0 unspecified atom stereocenters. The number of rotatable bonds is 7. The van der Waals surface area contributed by atoms with E-state index < -0.39 is 0 Å². The Morgan fingerprint density at radius 2 is 1.81 bits per heavy atom. The first-order valence-corrected chi connectivity index (χ1v) is 7.91. The Balaban J connectivity index is 2.07. The molecule has 0 bridgehead atoms. The van der Waals surface area contributed by atoms with Gasteiger partial charge in [0.25, 0.3) is 0 Å². The second-order valence-electron chi connectivity index (χ2n) is 6.10. The number of nitrogens with zero attached hydrogens (tertiary/aromatic N) is 3. The first kappa shape index (κ1) is 15.8. The molecule has 0 radical (unpaired) electrons. The van der Waals surface area contributed by atoms with Crippen molar-refractivity contribution in [1.29, 1.82) is 0 Å². The van der Waals surface area contributed by atoms with Crippen LogP contribution in [-0.4, -0.2) is 34.6 Å². The zero-order valence-corrected chi connectivity index (χ0v) is 13.6. The van der Waals surface area contributed by atoms with E-state index in [1.54, 1.807) is 7.05 Å². The number of hydrogen-bond acceptors (Lipinski definition) is 6. The molecule has 0 spiro atoms. The van der Waals surface area contributed by atoms with E-state index in [0.717, 1.165) is 6.54 Å². The van der Waals surface area contributed by atoms with Gasteiger partial charge < -0.3 is 15.4 Å². The second-order valence-corrected chi connectivity index (χ2v) is 6.10. The van der Waals surface area contributed by atoms with Crippen LogP contribution in [0.15, 0.2) is 0 Å². The highest BCUT2D eigenvalue weighted by molar-refractivity contribution is 5.35. The van der Waals surface area contributed by atoms with E-state index in [9.17, 15) is 0 Å². The summed E-state index contributed by atoms with van der Waals surface area (Å²) in [5.74, 6) is 1.12. The lowest BCUT2D eigenvalue weighted by molar-refractivity contribution is 0.222. The Morgan fingerprint density at radius 1 is 1.14 bits per heavy atom. The zero-order chi connectivity index (χ0) is 15.3. The van der Waals surface area contributed by atoms with Gasteiger partial charge in [-0.25, -0.2) is 0 Å². The minimum absolute atomic E-state index is 0.0433. The molecule has 1 aromatic heterocycles. The number of anilines is 2. The van der Waals surface area contributed by atoms with Crippen LogP contribution in [0, 0.1) is 5.41 Å². The second kappa shape index (κ2) is 6.91. The van der Waals surface area contributed by atoms with Crippen molar-refractivity contribution in [3.05, 3.63) is 0 Å². The lowest BCUT2D eigenvalue weighted by Gasteiger charge is -2.27. The fraction of sp³-hybridized carbons (Fsp3) is 0.800. The molecule has 0 amide bonds. The molecule has 6 heteroatoms. The smallest absolute Gasteiger partial charge is 0.323 e. The molecule has 1 aliphatic carbocycles. The van der Waals surface area contributed by atoms with Crippen molar-refractivity contribution in [2.24, 2.45) is 5.41 Å². The first-order valence-electron chi connectivity index (χ1n) is 7.91. The van der Waals surface area contributed by atoms with E-state index in [2.05, 4.69) is 32.5 Å². The predicted octanol–water partition coefficient (Wildman–Crippen LogP) is 3.08. The number of hydrogen-bond donors (Lipinski definition) is 2. The molecule has 1 fully saturated rings. The summed E-state index contributed by atoms with van der Waals surface area (Å²) in [5.41, 5.74) is 0.394. The normalized spacial score (nSPS) is 17.0. The third kappa shape index (κ3) is 4.19. The van der Waals surface area contributed by atoms with E-state index in [-0.39, 0.29) is 6.10 Å². The maximum absolute atomic E-state index is 5.58. The van der Waals surface area contributed by atoms with Crippen LogP contribution in [0.3, 0.4) is 0 Å². The molecule has 21 heavy (non-hydrogen) atoms. The molecule has 1 aromatic rings. The van der Waals surface area contributed by atoms with Gasteiger partial charge in [-0.05, 0) is 38.5 Å². The maximum atomic E-state index is 5.58. The topological polar surface area (TPSA) is 72.0 Å². The minimum atomic E-state index is 0.0433. The highest BCUT2D eigenvalue weighted by atomic mass is 16.5. The Kier molecular flexibility index (Phi) is 5.20. The van der Waals surface area contributed by atoms with Gasteiger partial charge in [0.1, 0.15) is 0 Å². The summed E-state index contributed by atoms with van der Waals surface area (Å²) in [6, 6.07) is 0.365. The summed E-state index contributed by atoms with van der Waals surface area (Å²) in [5, 5.41) is 6.33. The first-order chi connectivity index (χ1) is 10.1. The molecular formula is C15H27N5O. The van der Waals surface area contributed by atoms with Crippen LogP contribution in [-0.2, 0) is 0 Å². The van der Waals surface area contributed by atoms with Crippen molar-refractivity contribution in [3.63, 3.8) is 0 Å². The molecule has 1 heterocycles. The molecule has 2 rings (SSSR count). The SMILES string of the molecule is CCC1(CNc2nc(NC)nc(OC(C)C)n2)CCCC1. The molecule has 0 aromatic carbocycles. The minimum Gasteiger partial charge on any atom is -0.461 e. The molecule has 1 aliphatic rings.